The highest BCUT2D eigenvalue weighted by atomic mass is 19.1. The molecule has 2 N–H and O–H groups in total. The van der Waals surface area contributed by atoms with E-state index in [2.05, 4.69) is 10.1 Å². The van der Waals surface area contributed by atoms with E-state index in [4.69, 9.17) is 5.73 Å². The van der Waals surface area contributed by atoms with E-state index in [-0.39, 0.29) is 11.9 Å². The summed E-state index contributed by atoms with van der Waals surface area (Å²) >= 11 is 0. The highest BCUT2D eigenvalue weighted by Gasteiger charge is 2.04. The molecule has 0 radical (unpaired) electrons. The summed E-state index contributed by atoms with van der Waals surface area (Å²) in [6, 6.07) is 3.06. The zero-order valence-corrected chi connectivity index (χ0v) is 8.97. The normalized spacial score (nSPS) is 12.7. The molecule has 16 heavy (non-hydrogen) atoms. The lowest BCUT2D eigenvalue weighted by atomic mass is 10.2. The minimum atomic E-state index is -0.341. The van der Waals surface area contributed by atoms with Gasteiger partial charge < -0.3 is 5.73 Å². The predicted octanol–water partition coefficient (Wildman–Crippen LogP) is 1.43. The number of nitrogens with zero attached hydrogens (tertiary/aromatic N) is 3. The van der Waals surface area contributed by atoms with Gasteiger partial charge in [-0.2, -0.15) is 5.10 Å². The number of rotatable bonds is 3. The smallest absolute Gasteiger partial charge is 0.141 e. The average molecular weight is 220 g/mol. The van der Waals surface area contributed by atoms with Crippen LogP contribution in [-0.2, 0) is 6.54 Å². The van der Waals surface area contributed by atoms with Gasteiger partial charge in [0.15, 0.2) is 0 Å². The van der Waals surface area contributed by atoms with Gasteiger partial charge in [-0.25, -0.2) is 4.39 Å². The lowest BCUT2D eigenvalue weighted by Crippen LogP contribution is -2.22. The van der Waals surface area contributed by atoms with Crippen molar-refractivity contribution in [3.63, 3.8) is 0 Å². The second-order valence-electron chi connectivity index (χ2n) is 3.79. The van der Waals surface area contributed by atoms with Crippen molar-refractivity contribution in [3.8, 4) is 11.3 Å². The van der Waals surface area contributed by atoms with Crippen molar-refractivity contribution in [1.82, 2.24) is 14.8 Å². The van der Waals surface area contributed by atoms with Crippen LogP contribution in [0.5, 0.6) is 0 Å². The lowest BCUT2D eigenvalue weighted by molar-refractivity contribution is 0.539. The lowest BCUT2D eigenvalue weighted by Gasteiger charge is -2.03. The van der Waals surface area contributed by atoms with Gasteiger partial charge in [-0.05, 0) is 19.1 Å². The van der Waals surface area contributed by atoms with E-state index in [0.717, 1.165) is 5.56 Å². The van der Waals surface area contributed by atoms with Crippen LogP contribution in [-0.4, -0.2) is 20.8 Å². The third-order valence-corrected chi connectivity index (χ3v) is 2.13. The van der Waals surface area contributed by atoms with Crippen LogP contribution in [0.15, 0.2) is 30.7 Å². The Kier molecular flexibility index (Phi) is 2.96. The van der Waals surface area contributed by atoms with Crippen LogP contribution in [0.4, 0.5) is 4.39 Å². The van der Waals surface area contributed by atoms with Crippen molar-refractivity contribution >= 4 is 0 Å². The molecule has 0 aliphatic heterocycles. The standard InChI is InChI=1S/C11H13FN4/c1-8(13)6-16-7-9(4-15-16)11-3-2-10(12)5-14-11/h2-5,7-8H,6,13H2,1H3. The summed E-state index contributed by atoms with van der Waals surface area (Å²) in [5, 5.41) is 4.16. The summed E-state index contributed by atoms with van der Waals surface area (Å²) in [5.74, 6) is -0.341. The fraction of sp³-hybridized carbons (Fsp3) is 0.273. The van der Waals surface area contributed by atoms with Crippen LogP contribution in [0.2, 0.25) is 0 Å². The Hall–Kier alpha value is -1.75. The molecule has 0 saturated heterocycles. The second-order valence-corrected chi connectivity index (χ2v) is 3.79. The molecule has 1 unspecified atom stereocenters. The van der Waals surface area contributed by atoms with Crippen molar-refractivity contribution in [2.45, 2.75) is 19.5 Å². The van der Waals surface area contributed by atoms with Gasteiger partial charge in [-0.15, -0.1) is 0 Å². The van der Waals surface area contributed by atoms with Crippen molar-refractivity contribution in [3.05, 3.63) is 36.5 Å². The highest BCUT2D eigenvalue weighted by molar-refractivity contribution is 5.56. The molecule has 84 valence electrons. The molecule has 1 atom stereocenters. The van der Waals surface area contributed by atoms with Crippen LogP contribution < -0.4 is 5.73 Å². The summed E-state index contributed by atoms with van der Waals surface area (Å²) in [4.78, 5) is 3.98. The Labute approximate surface area is 92.9 Å². The summed E-state index contributed by atoms with van der Waals surface area (Å²) in [6.07, 6.45) is 4.74. The molecule has 0 aliphatic rings. The second kappa shape index (κ2) is 4.40. The van der Waals surface area contributed by atoms with Gasteiger partial charge in [0.05, 0.1) is 24.6 Å². The number of halogens is 1. The first-order valence-corrected chi connectivity index (χ1v) is 5.05. The molecule has 5 heteroatoms. The summed E-state index contributed by atoms with van der Waals surface area (Å²) < 4.78 is 14.4. The Bertz CT molecular complexity index is 461. The Morgan fingerprint density at radius 3 is 2.88 bits per heavy atom. The van der Waals surface area contributed by atoms with E-state index in [1.807, 2.05) is 13.1 Å². The maximum Gasteiger partial charge on any atom is 0.141 e. The first kappa shape index (κ1) is 10.8. The SMILES string of the molecule is CC(N)Cn1cc(-c2ccc(F)cn2)cn1. The molecule has 0 amide bonds. The van der Waals surface area contributed by atoms with Crippen molar-refractivity contribution in [2.24, 2.45) is 5.73 Å². The van der Waals surface area contributed by atoms with Crippen molar-refractivity contribution in [2.75, 3.05) is 0 Å². The fourth-order valence-corrected chi connectivity index (χ4v) is 1.44. The highest BCUT2D eigenvalue weighted by Crippen LogP contribution is 2.15. The quantitative estimate of drug-likeness (QED) is 0.851. The molecule has 0 saturated carbocycles. The van der Waals surface area contributed by atoms with Gasteiger partial charge in [-0.3, -0.25) is 9.67 Å². The molecule has 2 heterocycles. The van der Waals surface area contributed by atoms with Crippen LogP contribution in [0.1, 0.15) is 6.92 Å². The molecule has 2 aromatic rings. The van der Waals surface area contributed by atoms with Crippen molar-refractivity contribution < 1.29 is 4.39 Å². The van der Waals surface area contributed by atoms with Crippen LogP contribution in [0.3, 0.4) is 0 Å². The fourth-order valence-electron chi connectivity index (χ4n) is 1.44. The first-order valence-electron chi connectivity index (χ1n) is 5.05. The van der Waals surface area contributed by atoms with Gasteiger partial charge in [-0.1, -0.05) is 0 Å². The molecule has 0 aromatic carbocycles. The van der Waals surface area contributed by atoms with Gasteiger partial charge in [0.25, 0.3) is 0 Å². The van der Waals surface area contributed by atoms with E-state index in [0.29, 0.717) is 12.2 Å². The minimum absolute atomic E-state index is 0.0499. The summed E-state index contributed by atoms with van der Waals surface area (Å²) in [7, 11) is 0. The van der Waals surface area contributed by atoms with Gasteiger partial charge in [0.2, 0.25) is 0 Å². The predicted molar refractivity (Wildman–Crippen MR) is 59.1 cm³/mol. The average Bonchev–Trinajstić information content (AvgIpc) is 2.66. The summed E-state index contributed by atoms with van der Waals surface area (Å²) in [5.41, 5.74) is 7.23. The molecule has 2 rings (SSSR count). The number of hydrogen-bond acceptors (Lipinski definition) is 3. The minimum Gasteiger partial charge on any atom is -0.326 e. The molecule has 0 fully saturated rings. The van der Waals surface area contributed by atoms with E-state index >= 15 is 0 Å². The maximum atomic E-state index is 12.7. The molecular weight excluding hydrogens is 207 g/mol. The van der Waals surface area contributed by atoms with Gasteiger partial charge in [0.1, 0.15) is 5.82 Å². The first-order chi connectivity index (χ1) is 7.65. The largest absolute Gasteiger partial charge is 0.326 e. The molecule has 0 bridgehead atoms. The van der Waals surface area contributed by atoms with Gasteiger partial charge >= 0.3 is 0 Å². The zero-order chi connectivity index (χ0) is 11.5. The van der Waals surface area contributed by atoms with Crippen LogP contribution >= 0.6 is 0 Å². The number of pyridine rings is 1. The Balaban J connectivity index is 2.21. The molecule has 0 spiro atoms. The zero-order valence-electron chi connectivity index (χ0n) is 8.97. The molecule has 2 aromatic heterocycles. The van der Waals surface area contributed by atoms with E-state index in [1.54, 1.807) is 16.9 Å². The monoisotopic (exact) mass is 220 g/mol. The number of nitrogens with two attached hydrogens (primary N) is 1. The van der Waals surface area contributed by atoms with E-state index in [1.165, 1.54) is 12.3 Å². The third-order valence-electron chi connectivity index (χ3n) is 2.13. The summed E-state index contributed by atoms with van der Waals surface area (Å²) in [6.45, 7) is 2.57. The Morgan fingerprint density at radius 2 is 2.25 bits per heavy atom. The molecule has 0 aliphatic carbocycles. The van der Waals surface area contributed by atoms with E-state index in [9.17, 15) is 4.39 Å². The van der Waals surface area contributed by atoms with Crippen molar-refractivity contribution in [1.29, 1.82) is 0 Å². The van der Waals surface area contributed by atoms with Gasteiger partial charge in [0, 0.05) is 17.8 Å². The Morgan fingerprint density at radius 1 is 1.44 bits per heavy atom. The van der Waals surface area contributed by atoms with E-state index < -0.39 is 0 Å². The maximum absolute atomic E-state index is 12.7. The third kappa shape index (κ3) is 2.43. The topological polar surface area (TPSA) is 56.7 Å². The van der Waals surface area contributed by atoms with Crippen LogP contribution in [0, 0.1) is 5.82 Å². The number of hydrogen-bond donors (Lipinski definition) is 1. The molecular formula is C11H13FN4. The van der Waals surface area contributed by atoms with Crippen LogP contribution in [0.25, 0.3) is 11.3 Å². The molecule has 4 nitrogen and oxygen atoms in total. The number of aromatic nitrogens is 3.